The van der Waals surface area contributed by atoms with Crippen LogP contribution in [0.4, 0.5) is 13.2 Å². The lowest BCUT2D eigenvalue weighted by atomic mass is 10.1. The molecular weight excluding hydrogens is 335 g/mol. The molecule has 0 heterocycles. The van der Waals surface area contributed by atoms with Crippen LogP contribution in [0.15, 0.2) is 59.7 Å². The van der Waals surface area contributed by atoms with Crippen molar-refractivity contribution in [3.05, 3.63) is 71.3 Å². The lowest BCUT2D eigenvalue weighted by molar-refractivity contribution is -0.137. The summed E-state index contributed by atoms with van der Waals surface area (Å²) < 4.78 is 38.2. The van der Waals surface area contributed by atoms with Gasteiger partial charge in [0.15, 0.2) is 5.11 Å². The SMILES string of the molecule is C/C(=N/NC(=S)NCc1ccccc1)c1cccc(C(F)(F)F)c1. The highest BCUT2D eigenvalue weighted by molar-refractivity contribution is 7.80. The first-order valence-corrected chi connectivity index (χ1v) is 7.57. The van der Waals surface area contributed by atoms with Crippen molar-refractivity contribution < 1.29 is 13.2 Å². The van der Waals surface area contributed by atoms with Gasteiger partial charge < -0.3 is 5.32 Å². The van der Waals surface area contributed by atoms with Gasteiger partial charge in [0, 0.05) is 6.54 Å². The molecule has 2 aromatic carbocycles. The van der Waals surface area contributed by atoms with E-state index in [1.807, 2.05) is 30.3 Å². The summed E-state index contributed by atoms with van der Waals surface area (Å²) in [5.41, 5.74) is 3.77. The molecule has 0 unspecified atom stereocenters. The van der Waals surface area contributed by atoms with Crippen molar-refractivity contribution in [3.63, 3.8) is 0 Å². The smallest absolute Gasteiger partial charge is 0.357 e. The normalized spacial score (nSPS) is 11.9. The minimum Gasteiger partial charge on any atom is -0.357 e. The summed E-state index contributed by atoms with van der Waals surface area (Å²) in [6.45, 7) is 2.15. The van der Waals surface area contributed by atoms with Crippen LogP contribution in [0.25, 0.3) is 0 Å². The van der Waals surface area contributed by atoms with E-state index in [4.69, 9.17) is 12.2 Å². The van der Waals surface area contributed by atoms with Crippen LogP contribution >= 0.6 is 12.2 Å². The van der Waals surface area contributed by atoms with Crippen molar-refractivity contribution in [1.82, 2.24) is 10.7 Å². The molecule has 0 aromatic heterocycles. The number of halogens is 3. The van der Waals surface area contributed by atoms with Crippen molar-refractivity contribution in [2.45, 2.75) is 19.6 Å². The van der Waals surface area contributed by atoms with Crippen molar-refractivity contribution in [1.29, 1.82) is 0 Å². The number of hydrazone groups is 1. The molecule has 0 aliphatic carbocycles. The van der Waals surface area contributed by atoms with E-state index in [-0.39, 0.29) is 0 Å². The number of nitrogens with one attached hydrogen (secondary N) is 2. The summed E-state index contributed by atoms with van der Waals surface area (Å²) in [5, 5.41) is 7.30. The third kappa shape index (κ3) is 5.34. The molecule has 0 aliphatic heterocycles. The van der Waals surface area contributed by atoms with Gasteiger partial charge in [-0.05, 0) is 42.4 Å². The first kappa shape index (κ1) is 17.9. The molecule has 0 radical (unpaired) electrons. The maximum absolute atomic E-state index is 12.7. The Hall–Kier alpha value is -2.41. The van der Waals surface area contributed by atoms with Gasteiger partial charge in [0.1, 0.15) is 0 Å². The zero-order valence-electron chi connectivity index (χ0n) is 12.9. The molecule has 0 atom stereocenters. The summed E-state index contributed by atoms with van der Waals surface area (Å²) >= 11 is 5.10. The van der Waals surface area contributed by atoms with Crippen LogP contribution in [0.3, 0.4) is 0 Å². The number of benzene rings is 2. The molecule has 2 N–H and O–H groups in total. The molecule has 7 heteroatoms. The topological polar surface area (TPSA) is 36.4 Å². The van der Waals surface area contributed by atoms with E-state index in [0.29, 0.717) is 22.9 Å². The summed E-state index contributed by atoms with van der Waals surface area (Å²) in [5.74, 6) is 0. The third-order valence-electron chi connectivity index (χ3n) is 3.23. The van der Waals surface area contributed by atoms with Crippen molar-refractivity contribution in [2.24, 2.45) is 5.10 Å². The molecule has 0 amide bonds. The zero-order valence-corrected chi connectivity index (χ0v) is 13.7. The van der Waals surface area contributed by atoms with E-state index >= 15 is 0 Å². The average Bonchev–Trinajstić information content (AvgIpc) is 2.58. The van der Waals surface area contributed by atoms with Gasteiger partial charge in [-0.2, -0.15) is 18.3 Å². The van der Waals surface area contributed by atoms with Gasteiger partial charge in [-0.1, -0.05) is 42.5 Å². The Bertz CT molecular complexity index is 727. The van der Waals surface area contributed by atoms with Crippen LogP contribution in [-0.2, 0) is 12.7 Å². The maximum Gasteiger partial charge on any atom is 0.416 e. The highest BCUT2D eigenvalue weighted by Gasteiger charge is 2.30. The monoisotopic (exact) mass is 351 g/mol. The van der Waals surface area contributed by atoms with Gasteiger partial charge in [0.25, 0.3) is 0 Å². The van der Waals surface area contributed by atoms with Crippen LogP contribution < -0.4 is 10.7 Å². The standard InChI is InChI=1S/C17H16F3N3S/c1-12(14-8-5-9-15(10-14)17(18,19)20)22-23-16(24)21-11-13-6-3-2-4-7-13/h2-10H,11H2,1H3,(H2,21,23,24)/b22-12-. The number of alkyl halides is 3. The number of hydrogen-bond acceptors (Lipinski definition) is 2. The van der Waals surface area contributed by atoms with Crippen molar-refractivity contribution in [3.8, 4) is 0 Å². The second kappa shape index (κ2) is 7.92. The minimum atomic E-state index is -4.38. The molecule has 126 valence electrons. The van der Waals surface area contributed by atoms with Gasteiger partial charge in [-0.15, -0.1) is 0 Å². The molecule has 0 saturated carbocycles. The predicted molar refractivity (Wildman–Crippen MR) is 92.7 cm³/mol. The highest BCUT2D eigenvalue weighted by atomic mass is 32.1. The first-order chi connectivity index (χ1) is 11.4. The third-order valence-corrected chi connectivity index (χ3v) is 3.46. The van der Waals surface area contributed by atoms with Gasteiger partial charge in [0.2, 0.25) is 0 Å². The largest absolute Gasteiger partial charge is 0.416 e. The molecule has 2 aromatic rings. The maximum atomic E-state index is 12.7. The second-order valence-corrected chi connectivity index (χ2v) is 5.46. The van der Waals surface area contributed by atoms with E-state index in [1.165, 1.54) is 6.07 Å². The summed E-state index contributed by atoms with van der Waals surface area (Å²) in [7, 11) is 0. The van der Waals surface area contributed by atoms with E-state index in [1.54, 1.807) is 13.0 Å². The Morgan fingerprint density at radius 3 is 2.46 bits per heavy atom. The van der Waals surface area contributed by atoms with Gasteiger partial charge >= 0.3 is 6.18 Å². The molecule has 3 nitrogen and oxygen atoms in total. The Morgan fingerprint density at radius 1 is 1.08 bits per heavy atom. The molecule has 2 rings (SSSR count). The fourth-order valence-corrected chi connectivity index (χ4v) is 2.06. The van der Waals surface area contributed by atoms with Crippen LogP contribution in [0.5, 0.6) is 0 Å². The van der Waals surface area contributed by atoms with Gasteiger partial charge in [-0.3, -0.25) is 5.43 Å². The van der Waals surface area contributed by atoms with Crippen molar-refractivity contribution in [2.75, 3.05) is 0 Å². The predicted octanol–water partition coefficient (Wildman–Crippen LogP) is 4.09. The van der Waals surface area contributed by atoms with Crippen LogP contribution in [-0.4, -0.2) is 10.8 Å². The Labute approximate surface area is 143 Å². The van der Waals surface area contributed by atoms with E-state index in [9.17, 15) is 13.2 Å². The fourth-order valence-electron chi connectivity index (χ4n) is 1.94. The molecule has 0 fully saturated rings. The van der Waals surface area contributed by atoms with Crippen LogP contribution in [0.1, 0.15) is 23.6 Å². The summed E-state index contributed by atoms with van der Waals surface area (Å²) in [4.78, 5) is 0. The Kier molecular flexibility index (Phi) is 5.92. The second-order valence-electron chi connectivity index (χ2n) is 5.06. The molecule has 24 heavy (non-hydrogen) atoms. The van der Waals surface area contributed by atoms with Crippen molar-refractivity contribution >= 4 is 23.0 Å². The molecule has 0 bridgehead atoms. The lowest BCUT2D eigenvalue weighted by Crippen LogP contribution is -2.32. The molecule has 0 saturated heterocycles. The Morgan fingerprint density at radius 2 is 1.79 bits per heavy atom. The molecular formula is C17H16F3N3S. The quantitative estimate of drug-likeness (QED) is 0.495. The summed E-state index contributed by atoms with van der Waals surface area (Å²) in [6, 6.07) is 14.7. The van der Waals surface area contributed by atoms with E-state index in [2.05, 4.69) is 15.8 Å². The average molecular weight is 351 g/mol. The number of rotatable bonds is 4. The van der Waals surface area contributed by atoms with Gasteiger partial charge in [-0.25, -0.2) is 0 Å². The molecule has 0 spiro atoms. The fraction of sp³-hybridized carbons (Fsp3) is 0.176. The number of hydrogen-bond donors (Lipinski definition) is 2. The van der Waals surface area contributed by atoms with Gasteiger partial charge in [0.05, 0.1) is 11.3 Å². The van der Waals surface area contributed by atoms with E-state index in [0.717, 1.165) is 17.7 Å². The minimum absolute atomic E-state index is 0.296. The van der Waals surface area contributed by atoms with Crippen LogP contribution in [0, 0.1) is 0 Å². The summed E-state index contributed by atoms with van der Waals surface area (Å²) in [6.07, 6.45) is -4.38. The molecule has 0 aliphatic rings. The number of thiocarbonyl (C=S) groups is 1. The lowest BCUT2D eigenvalue weighted by Gasteiger charge is -2.10. The zero-order chi connectivity index (χ0) is 17.6. The van der Waals surface area contributed by atoms with Crippen LogP contribution in [0.2, 0.25) is 0 Å². The highest BCUT2D eigenvalue weighted by Crippen LogP contribution is 2.29. The first-order valence-electron chi connectivity index (χ1n) is 7.16. The number of nitrogens with zero attached hydrogens (tertiary/aromatic N) is 1. The Balaban J connectivity index is 1.95. The van der Waals surface area contributed by atoms with E-state index < -0.39 is 11.7 Å².